The summed E-state index contributed by atoms with van der Waals surface area (Å²) in [6.07, 6.45) is 1.03. The van der Waals surface area contributed by atoms with Crippen LogP contribution in [0.15, 0.2) is 23.2 Å². The summed E-state index contributed by atoms with van der Waals surface area (Å²) >= 11 is 0. The van der Waals surface area contributed by atoms with Crippen LogP contribution in [0.25, 0.3) is 0 Å². The van der Waals surface area contributed by atoms with Crippen LogP contribution in [0.4, 0.5) is 10.1 Å². The highest BCUT2D eigenvalue weighted by Gasteiger charge is 2.18. The van der Waals surface area contributed by atoms with Gasteiger partial charge in [-0.2, -0.15) is 0 Å². The fourth-order valence-corrected chi connectivity index (χ4v) is 3.04. The Morgan fingerprint density at radius 1 is 1.19 bits per heavy atom. The summed E-state index contributed by atoms with van der Waals surface area (Å²) < 4.78 is 14.6. The SMILES string of the molecule is CCNC(=NCc1ccc(N2CCN(CC)CC2)c(F)c1)NC(C)CC. The van der Waals surface area contributed by atoms with E-state index in [1.54, 1.807) is 6.07 Å². The van der Waals surface area contributed by atoms with E-state index in [9.17, 15) is 4.39 Å². The average Bonchev–Trinajstić information content (AvgIpc) is 2.66. The molecule has 1 aliphatic heterocycles. The molecule has 1 saturated heterocycles. The smallest absolute Gasteiger partial charge is 0.191 e. The minimum atomic E-state index is -0.150. The van der Waals surface area contributed by atoms with E-state index in [0.717, 1.165) is 57.2 Å². The zero-order valence-electron chi connectivity index (χ0n) is 16.7. The Balaban J connectivity index is 2.00. The van der Waals surface area contributed by atoms with Crippen LogP contribution in [-0.2, 0) is 6.54 Å². The number of hydrogen-bond donors (Lipinski definition) is 2. The Bertz CT molecular complexity index is 582. The molecule has 2 N–H and O–H groups in total. The van der Waals surface area contributed by atoms with Crippen molar-refractivity contribution >= 4 is 11.6 Å². The zero-order chi connectivity index (χ0) is 18.9. The quantitative estimate of drug-likeness (QED) is 0.577. The van der Waals surface area contributed by atoms with Crippen LogP contribution in [0.1, 0.15) is 39.7 Å². The van der Waals surface area contributed by atoms with Gasteiger partial charge in [0, 0.05) is 38.8 Å². The van der Waals surface area contributed by atoms with Gasteiger partial charge in [0.05, 0.1) is 12.2 Å². The topological polar surface area (TPSA) is 42.9 Å². The number of nitrogens with one attached hydrogen (secondary N) is 2. The van der Waals surface area contributed by atoms with Crippen LogP contribution in [0.2, 0.25) is 0 Å². The lowest BCUT2D eigenvalue weighted by atomic mass is 10.1. The molecule has 0 saturated carbocycles. The second-order valence-electron chi connectivity index (χ2n) is 6.86. The largest absolute Gasteiger partial charge is 0.367 e. The van der Waals surface area contributed by atoms with Crippen molar-refractivity contribution in [2.24, 2.45) is 4.99 Å². The van der Waals surface area contributed by atoms with Crippen molar-refractivity contribution < 1.29 is 4.39 Å². The molecule has 0 aliphatic carbocycles. The first kappa shape index (κ1) is 20.5. The monoisotopic (exact) mass is 363 g/mol. The van der Waals surface area contributed by atoms with Crippen LogP contribution in [0.3, 0.4) is 0 Å². The Morgan fingerprint density at radius 3 is 2.50 bits per heavy atom. The molecule has 1 aromatic rings. The van der Waals surface area contributed by atoms with E-state index in [4.69, 9.17) is 0 Å². The van der Waals surface area contributed by atoms with Crippen LogP contribution in [0, 0.1) is 5.82 Å². The standard InChI is InChI=1S/C20H34FN5/c1-5-16(4)24-20(22-6-2)23-15-17-8-9-19(18(21)14-17)26-12-10-25(7-3)11-13-26/h8-9,14,16H,5-7,10-13,15H2,1-4H3,(H2,22,23,24). The van der Waals surface area contributed by atoms with Crippen molar-refractivity contribution in [2.75, 3.05) is 44.2 Å². The first-order valence-electron chi connectivity index (χ1n) is 9.87. The number of halogens is 1. The van der Waals surface area contributed by atoms with Crippen LogP contribution >= 0.6 is 0 Å². The first-order chi connectivity index (χ1) is 12.6. The van der Waals surface area contributed by atoms with Gasteiger partial charge in [-0.05, 0) is 44.5 Å². The first-order valence-corrected chi connectivity index (χ1v) is 9.87. The highest BCUT2D eigenvalue weighted by Crippen LogP contribution is 2.22. The molecule has 0 radical (unpaired) electrons. The lowest BCUT2D eigenvalue weighted by Crippen LogP contribution is -2.46. The molecule has 1 aliphatic rings. The van der Waals surface area contributed by atoms with E-state index >= 15 is 0 Å². The Labute approximate surface area is 157 Å². The van der Waals surface area contributed by atoms with Crippen molar-refractivity contribution in [2.45, 2.75) is 46.7 Å². The number of nitrogens with zero attached hydrogens (tertiary/aromatic N) is 3. The van der Waals surface area contributed by atoms with Gasteiger partial charge in [0.25, 0.3) is 0 Å². The van der Waals surface area contributed by atoms with Crippen LogP contribution in [0.5, 0.6) is 0 Å². The summed E-state index contributed by atoms with van der Waals surface area (Å²) in [5, 5.41) is 6.60. The molecule has 146 valence electrons. The maximum absolute atomic E-state index is 14.6. The summed E-state index contributed by atoms with van der Waals surface area (Å²) in [4.78, 5) is 9.12. The maximum Gasteiger partial charge on any atom is 0.191 e. The molecule has 0 amide bonds. The van der Waals surface area contributed by atoms with E-state index in [1.807, 2.05) is 19.1 Å². The fraction of sp³-hybridized carbons (Fsp3) is 0.650. The van der Waals surface area contributed by atoms with E-state index in [0.29, 0.717) is 18.3 Å². The minimum Gasteiger partial charge on any atom is -0.367 e. The summed E-state index contributed by atoms with van der Waals surface area (Å²) in [6, 6.07) is 5.86. The summed E-state index contributed by atoms with van der Waals surface area (Å²) in [5.41, 5.74) is 1.60. The van der Waals surface area contributed by atoms with E-state index in [1.165, 1.54) is 0 Å². The Hall–Kier alpha value is -1.82. The molecule has 1 heterocycles. The fourth-order valence-electron chi connectivity index (χ4n) is 3.04. The lowest BCUT2D eigenvalue weighted by Gasteiger charge is -2.35. The summed E-state index contributed by atoms with van der Waals surface area (Å²) in [7, 11) is 0. The number of piperazine rings is 1. The van der Waals surface area contributed by atoms with E-state index in [2.05, 4.69) is 46.2 Å². The van der Waals surface area contributed by atoms with E-state index in [-0.39, 0.29) is 5.82 Å². The van der Waals surface area contributed by atoms with Crippen molar-refractivity contribution in [1.82, 2.24) is 15.5 Å². The second kappa shape index (κ2) is 10.4. The normalized spacial score (nSPS) is 17.3. The molecular weight excluding hydrogens is 329 g/mol. The van der Waals surface area contributed by atoms with Crippen molar-refractivity contribution in [3.8, 4) is 0 Å². The summed E-state index contributed by atoms with van der Waals surface area (Å²) in [5.74, 6) is 0.629. The molecule has 2 rings (SSSR count). The van der Waals surface area contributed by atoms with Gasteiger partial charge in [0.15, 0.2) is 5.96 Å². The number of anilines is 1. The summed E-state index contributed by atoms with van der Waals surface area (Å²) in [6.45, 7) is 14.6. The van der Waals surface area contributed by atoms with Gasteiger partial charge in [0.1, 0.15) is 5.82 Å². The number of likely N-dealkylation sites (N-methyl/N-ethyl adjacent to an activating group) is 1. The van der Waals surface area contributed by atoms with Gasteiger partial charge in [-0.25, -0.2) is 9.38 Å². The highest BCUT2D eigenvalue weighted by atomic mass is 19.1. The van der Waals surface area contributed by atoms with Gasteiger partial charge in [-0.3, -0.25) is 0 Å². The van der Waals surface area contributed by atoms with Gasteiger partial charge in [-0.15, -0.1) is 0 Å². The number of rotatable bonds is 7. The van der Waals surface area contributed by atoms with Gasteiger partial charge in [0.2, 0.25) is 0 Å². The lowest BCUT2D eigenvalue weighted by molar-refractivity contribution is 0.270. The molecule has 0 bridgehead atoms. The van der Waals surface area contributed by atoms with Gasteiger partial charge in [-0.1, -0.05) is 19.9 Å². The van der Waals surface area contributed by atoms with Crippen molar-refractivity contribution in [3.05, 3.63) is 29.6 Å². The maximum atomic E-state index is 14.6. The molecule has 1 unspecified atom stereocenters. The van der Waals surface area contributed by atoms with E-state index < -0.39 is 0 Å². The Kier molecular flexibility index (Phi) is 8.16. The third kappa shape index (κ3) is 5.87. The molecule has 6 heteroatoms. The molecule has 5 nitrogen and oxygen atoms in total. The average molecular weight is 364 g/mol. The molecule has 1 aromatic carbocycles. The molecular formula is C20H34FN5. The predicted octanol–water partition coefficient (Wildman–Crippen LogP) is 2.82. The second-order valence-corrected chi connectivity index (χ2v) is 6.86. The molecule has 26 heavy (non-hydrogen) atoms. The minimum absolute atomic E-state index is 0.150. The van der Waals surface area contributed by atoms with Crippen LogP contribution < -0.4 is 15.5 Å². The molecule has 1 fully saturated rings. The van der Waals surface area contributed by atoms with Crippen LogP contribution in [-0.4, -0.2) is 56.2 Å². The molecule has 0 spiro atoms. The number of benzene rings is 1. The molecule has 1 atom stereocenters. The van der Waals surface area contributed by atoms with Gasteiger partial charge < -0.3 is 20.4 Å². The van der Waals surface area contributed by atoms with Crippen molar-refractivity contribution in [1.29, 1.82) is 0 Å². The predicted molar refractivity (Wildman–Crippen MR) is 108 cm³/mol. The van der Waals surface area contributed by atoms with Crippen molar-refractivity contribution in [3.63, 3.8) is 0 Å². The molecule has 0 aromatic heterocycles. The van der Waals surface area contributed by atoms with Gasteiger partial charge >= 0.3 is 0 Å². The number of guanidine groups is 1. The number of hydrogen-bond acceptors (Lipinski definition) is 3. The third-order valence-corrected chi connectivity index (χ3v) is 4.93. The highest BCUT2D eigenvalue weighted by molar-refractivity contribution is 5.80. The zero-order valence-corrected chi connectivity index (χ0v) is 16.7. The third-order valence-electron chi connectivity index (χ3n) is 4.93. The number of aliphatic imine (C=N–C) groups is 1. The Morgan fingerprint density at radius 2 is 1.92 bits per heavy atom.